The highest BCUT2D eigenvalue weighted by Gasteiger charge is 2.29. The first kappa shape index (κ1) is 15.3. The van der Waals surface area contributed by atoms with E-state index in [1.165, 1.54) is 12.1 Å². The van der Waals surface area contributed by atoms with Gasteiger partial charge in [0.25, 0.3) is 5.91 Å². The summed E-state index contributed by atoms with van der Waals surface area (Å²) >= 11 is 0. The molecule has 0 unspecified atom stereocenters. The van der Waals surface area contributed by atoms with Crippen molar-refractivity contribution >= 4 is 5.91 Å². The highest BCUT2D eigenvalue weighted by molar-refractivity contribution is 5.82. The van der Waals surface area contributed by atoms with Gasteiger partial charge < -0.3 is 14.8 Å². The molecule has 120 valence electrons. The van der Waals surface area contributed by atoms with Gasteiger partial charge in [0.2, 0.25) is 5.88 Å². The van der Waals surface area contributed by atoms with Gasteiger partial charge in [-0.15, -0.1) is 0 Å². The fourth-order valence-electron chi connectivity index (χ4n) is 2.53. The monoisotopic (exact) mass is 316 g/mol. The van der Waals surface area contributed by atoms with E-state index in [0.29, 0.717) is 30.2 Å². The minimum Gasteiger partial charge on any atom is -0.481 e. The number of hydrogen-bond donors (Lipinski definition) is 1. The van der Waals surface area contributed by atoms with Crippen LogP contribution in [0.3, 0.4) is 0 Å². The number of aryl methyl sites for hydroxylation is 1. The summed E-state index contributed by atoms with van der Waals surface area (Å²) < 4.78 is 24.0. The van der Waals surface area contributed by atoms with Crippen molar-refractivity contribution in [3.8, 4) is 11.6 Å². The number of carbonyl (C=O) groups is 1. The summed E-state index contributed by atoms with van der Waals surface area (Å²) in [6.07, 6.45) is -0.279. The van der Waals surface area contributed by atoms with Gasteiger partial charge >= 0.3 is 0 Å². The van der Waals surface area contributed by atoms with E-state index >= 15 is 0 Å². The molecule has 1 aromatic carbocycles. The molecular weight excluding hydrogens is 299 g/mol. The van der Waals surface area contributed by atoms with Gasteiger partial charge in [-0.25, -0.2) is 9.37 Å². The minimum absolute atomic E-state index is 0.246. The third kappa shape index (κ3) is 3.26. The fourth-order valence-corrected chi connectivity index (χ4v) is 2.53. The molecule has 0 saturated carbocycles. The summed E-state index contributed by atoms with van der Waals surface area (Å²) in [5.74, 6) is 0.470. The first-order valence-corrected chi connectivity index (χ1v) is 7.30. The summed E-state index contributed by atoms with van der Waals surface area (Å²) in [4.78, 5) is 16.5. The molecule has 23 heavy (non-hydrogen) atoms. The van der Waals surface area contributed by atoms with E-state index in [9.17, 15) is 9.18 Å². The molecule has 0 spiro atoms. The molecule has 1 amide bonds. The third-order valence-electron chi connectivity index (χ3n) is 3.71. The first-order valence-electron chi connectivity index (χ1n) is 7.30. The number of pyridine rings is 1. The number of amides is 1. The zero-order valence-corrected chi connectivity index (χ0v) is 12.9. The van der Waals surface area contributed by atoms with Crippen LogP contribution in [0, 0.1) is 12.7 Å². The number of methoxy groups -OCH3 is 1. The lowest BCUT2D eigenvalue weighted by Crippen LogP contribution is -2.37. The van der Waals surface area contributed by atoms with E-state index in [1.54, 1.807) is 13.2 Å². The molecular formula is C17H17FN2O3. The topological polar surface area (TPSA) is 60.5 Å². The van der Waals surface area contributed by atoms with Crippen LogP contribution in [0.1, 0.15) is 16.8 Å². The van der Waals surface area contributed by atoms with Gasteiger partial charge in [0, 0.05) is 29.8 Å². The highest BCUT2D eigenvalue weighted by Crippen LogP contribution is 2.29. The number of nitrogens with one attached hydrogen (secondary N) is 1. The molecule has 3 rings (SSSR count). The van der Waals surface area contributed by atoms with Gasteiger partial charge in [0.05, 0.1) is 7.11 Å². The Balaban J connectivity index is 1.63. The van der Waals surface area contributed by atoms with Gasteiger partial charge in [0.15, 0.2) is 6.10 Å². The molecule has 6 heteroatoms. The molecule has 1 atom stereocenters. The van der Waals surface area contributed by atoms with E-state index in [-0.39, 0.29) is 11.7 Å². The van der Waals surface area contributed by atoms with Crippen molar-refractivity contribution in [2.24, 2.45) is 0 Å². The van der Waals surface area contributed by atoms with Crippen LogP contribution in [-0.4, -0.2) is 24.1 Å². The average Bonchev–Trinajstić information content (AvgIpc) is 2.96. The van der Waals surface area contributed by atoms with Gasteiger partial charge in [-0.2, -0.15) is 0 Å². The molecule has 2 heterocycles. The van der Waals surface area contributed by atoms with Gasteiger partial charge in [-0.3, -0.25) is 4.79 Å². The average molecular weight is 316 g/mol. The maximum atomic E-state index is 13.2. The van der Waals surface area contributed by atoms with Crippen LogP contribution in [0.2, 0.25) is 0 Å². The number of carbonyl (C=O) groups excluding carboxylic acids is 1. The summed E-state index contributed by atoms with van der Waals surface area (Å²) in [6, 6.07) is 7.98. The lowest BCUT2D eigenvalue weighted by Gasteiger charge is -2.13. The summed E-state index contributed by atoms with van der Waals surface area (Å²) in [5.41, 5.74) is 2.33. The molecule has 0 bridgehead atoms. The minimum atomic E-state index is -0.642. The number of hydrogen-bond acceptors (Lipinski definition) is 4. The Morgan fingerprint density at radius 2 is 2.26 bits per heavy atom. The van der Waals surface area contributed by atoms with E-state index in [0.717, 1.165) is 11.3 Å². The summed E-state index contributed by atoms with van der Waals surface area (Å²) in [7, 11) is 1.54. The lowest BCUT2D eigenvalue weighted by molar-refractivity contribution is -0.127. The maximum absolute atomic E-state index is 13.2. The van der Waals surface area contributed by atoms with Crippen LogP contribution in [0.5, 0.6) is 11.6 Å². The summed E-state index contributed by atoms with van der Waals surface area (Å²) in [6.45, 7) is 2.16. The number of halogens is 1. The molecule has 0 fully saturated rings. The van der Waals surface area contributed by atoms with Crippen molar-refractivity contribution in [2.45, 2.75) is 26.0 Å². The zero-order chi connectivity index (χ0) is 16.4. The number of rotatable bonds is 4. The number of benzene rings is 1. The molecule has 1 N–H and O–H groups in total. The molecule has 2 aromatic rings. The van der Waals surface area contributed by atoms with Crippen LogP contribution < -0.4 is 14.8 Å². The summed E-state index contributed by atoms with van der Waals surface area (Å²) in [5, 5.41) is 2.81. The number of fused-ring (bicyclic) bond motifs is 1. The van der Waals surface area contributed by atoms with Crippen molar-refractivity contribution < 1.29 is 18.7 Å². The van der Waals surface area contributed by atoms with E-state index < -0.39 is 6.10 Å². The first-order chi connectivity index (χ1) is 11.1. The Morgan fingerprint density at radius 3 is 3.04 bits per heavy atom. The molecule has 0 saturated heterocycles. The number of ether oxygens (including phenoxy) is 2. The van der Waals surface area contributed by atoms with Gasteiger partial charge in [0.1, 0.15) is 11.6 Å². The Morgan fingerprint density at radius 1 is 1.43 bits per heavy atom. The standard InChI is InChI=1S/C17H17FN2O3/c1-10-3-4-11(17(20-10)22-2)9-19-16(21)15-8-12-7-13(18)5-6-14(12)23-15/h3-7,15H,8-9H2,1-2H3,(H,19,21)/t15-/m0/s1. The maximum Gasteiger partial charge on any atom is 0.261 e. The third-order valence-corrected chi connectivity index (χ3v) is 3.71. The second-order valence-electron chi connectivity index (χ2n) is 5.40. The second kappa shape index (κ2) is 6.24. The highest BCUT2D eigenvalue weighted by atomic mass is 19.1. The van der Waals surface area contributed by atoms with Crippen molar-refractivity contribution in [1.82, 2.24) is 10.3 Å². The van der Waals surface area contributed by atoms with Crippen LogP contribution in [-0.2, 0) is 17.8 Å². The van der Waals surface area contributed by atoms with Crippen LogP contribution >= 0.6 is 0 Å². The second-order valence-corrected chi connectivity index (χ2v) is 5.40. The van der Waals surface area contributed by atoms with Gasteiger partial charge in [-0.05, 0) is 31.2 Å². The molecule has 0 radical (unpaired) electrons. The smallest absolute Gasteiger partial charge is 0.261 e. The molecule has 5 nitrogen and oxygen atoms in total. The SMILES string of the molecule is COc1nc(C)ccc1CNC(=O)[C@@H]1Cc2cc(F)ccc2O1. The number of aromatic nitrogens is 1. The Bertz CT molecular complexity index is 749. The Labute approximate surface area is 133 Å². The quantitative estimate of drug-likeness (QED) is 0.939. The van der Waals surface area contributed by atoms with Crippen molar-refractivity contribution in [2.75, 3.05) is 7.11 Å². The largest absolute Gasteiger partial charge is 0.481 e. The van der Waals surface area contributed by atoms with Crippen molar-refractivity contribution in [3.63, 3.8) is 0 Å². The van der Waals surface area contributed by atoms with Crippen molar-refractivity contribution in [1.29, 1.82) is 0 Å². The van der Waals surface area contributed by atoms with E-state index in [2.05, 4.69) is 10.3 Å². The fraction of sp³-hybridized carbons (Fsp3) is 0.294. The predicted molar refractivity (Wildman–Crippen MR) is 81.9 cm³/mol. The lowest BCUT2D eigenvalue weighted by atomic mass is 10.1. The van der Waals surface area contributed by atoms with E-state index in [4.69, 9.17) is 9.47 Å². The zero-order valence-electron chi connectivity index (χ0n) is 12.9. The molecule has 1 aliphatic heterocycles. The normalized spacial score (nSPS) is 15.7. The van der Waals surface area contributed by atoms with Crippen LogP contribution in [0.4, 0.5) is 4.39 Å². The van der Waals surface area contributed by atoms with E-state index in [1.807, 2.05) is 19.1 Å². The number of nitrogens with zero attached hydrogens (tertiary/aromatic N) is 1. The molecule has 1 aromatic heterocycles. The van der Waals surface area contributed by atoms with Crippen LogP contribution in [0.25, 0.3) is 0 Å². The van der Waals surface area contributed by atoms with Crippen LogP contribution in [0.15, 0.2) is 30.3 Å². The van der Waals surface area contributed by atoms with Crippen molar-refractivity contribution in [3.05, 3.63) is 53.0 Å². The predicted octanol–water partition coefficient (Wildman–Crippen LogP) is 2.16. The molecule has 0 aliphatic carbocycles. The van der Waals surface area contributed by atoms with Gasteiger partial charge in [-0.1, -0.05) is 6.07 Å². The molecule has 1 aliphatic rings. The Hall–Kier alpha value is -2.63. The Kier molecular flexibility index (Phi) is 4.14.